The van der Waals surface area contributed by atoms with Gasteiger partial charge in [0.15, 0.2) is 0 Å². The Hall–Kier alpha value is -1.27. The first kappa shape index (κ1) is 14.8. The first-order valence-corrected chi connectivity index (χ1v) is 6.18. The van der Waals surface area contributed by atoms with Crippen LogP contribution >= 0.6 is 11.6 Å². The fourth-order valence-electron chi connectivity index (χ4n) is 1.22. The molecule has 0 aliphatic rings. The summed E-state index contributed by atoms with van der Waals surface area (Å²) in [5.74, 6) is 1.91. The van der Waals surface area contributed by atoms with E-state index in [1.807, 2.05) is 0 Å². The highest BCUT2D eigenvalue weighted by molar-refractivity contribution is 6.17. The topological polar surface area (TPSA) is 65.5 Å². The van der Waals surface area contributed by atoms with Crippen molar-refractivity contribution in [3.05, 3.63) is 6.07 Å². The first-order chi connectivity index (χ1) is 8.80. The van der Waals surface area contributed by atoms with Crippen molar-refractivity contribution in [2.75, 3.05) is 45.2 Å². The minimum absolute atomic E-state index is 0.461. The highest BCUT2D eigenvalue weighted by Gasteiger charge is 2.04. The lowest BCUT2D eigenvalue weighted by molar-refractivity contribution is 0.149. The summed E-state index contributed by atoms with van der Waals surface area (Å²) in [6.07, 6.45) is 0.847. The quantitative estimate of drug-likeness (QED) is 0.545. The van der Waals surface area contributed by atoms with Gasteiger partial charge in [-0.05, 0) is 6.42 Å². The van der Waals surface area contributed by atoms with E-state index in [0.29, 0.717) is 43.3 Å². The molecule has 6 nitrogen and oxygen atoms in total. The van der Waals surface area contributed by atoms with Crippen LogP contribution in [0.2, 0.25) is 0 Å². The number of aromatic nitrogens is 2. The van der Waals surface area contributed by atoms with Gasteiger partial charge in [-0.15, -0.1) is 11.6 Å². The fourth-order valence-corrected chi connectivity index (χ4v) is 1.33. The predicted octanol–water partition coefficient (Wildman–Crippen LogP) is 1.55. The van der Waals surface area contributed by atoms with E-state index in [1.165, 1.54) is 0 Å². The zero-order valence-corrected chi connectivity index (χ0v) is 11.4. The Morgan fingerprint density at radius 3 is 2.39 bits per heavy atom. The molecule has 0 saturated carbocycles. The van der Waals surface area contributed by atoms with Crippen LogP contribution in [0.5, 0.6) is 11.8 Å². The van der Waals surface area contributed by atoms with Gasteiger partial charge in [0.2, 0.25) is 17.7 Å². The summed E-state index contributed by atoms with van der Waals surface area (Å²) >= 11 is 5.49. The normalized spacial score (nSPS) is 10.2. The second kappa shape index (κ2) is 8.77. The van der Waals surface area contributed by atoms with Crippen molar-refractivity contribution in [1.82, 2.24) is 9.97 Å². The minimum Gasteiger partial charge on any atom is -0.481 e. The van der Waals surface area contributed by atoms with Gasteiger partial charge in [0.25, 0.3) is 0 Å². The van der Waals surface area contributed by atoms with Crippen LogP contribution in [0.1, 0.15) is 6.42 Å². The van der Waals surface area contributed by atoms with Crippen LogP contribution in [-0.2, 0) is 4.74 Å². The van der Waals surface area contributed by atoms with E-state index in [4.69, 9.17) is 25.8 Å². The molecule has 0 amide bonds. The largest absolute Gasteiger partial charge is 0.481 e. The molecule has 1 aromatic heterocycles. The molecule has 0 saturated heterocycles. The molecule has 7 heteroatoms. The third-order valence-corrected chi connectivity index (χ3v) is 2.22. The van der Waals surface area contributed by atoms with Crippen LogP contribution in [0.25, 0.3) is 0 Å². The van der Waals surface area contributed by atoms with Gasteiger partial charge in [-0.25, -0.2) is 0 Å². The summed E-state index contributed by atoms with van der Waals surface area (Å²) in [5.41, 5.74) is 0. The third-order valence-electron chi connectivity index (χ3n) is 2.07. The van der Waals surface area contributed by atoms with Gasteiger partial charge in [0, 0.05) is 19.0 Å². The molecule has 0 fully saturated rings. The van der Waals surface area contributed by atoms with E-state index >= 15 is 0 Å². The van der Waals surface area contributed by atoms with Gasteiger partial charge in [0.1, 0.15) is 0 Å². The van der Waals surface area contributed by atoms with Crippen molar-refractivity contribution in [2.45, 2.75) is 6.42 Å². The number of halogens is 1. The maximum atomic E-state index is 5.49. The lowest BCUT2D eigenvalue weighted by Gasteiger charge is -2.08. The van der Waals surface area contributed by atoms with E-state index < -0.39 is 0 Å². The van der Waals surface area contributed by atoms with Gasteiger partial charge in [-0.3, -0.25) is 0 Å². The summed E-state index contributed by atoms with van der Waals surface area (Å²) in [6.45, 7) is 1.93. The molecule has 18 heavy (non-hydrogen) atoms. The maximum absolute atomic E-state index is 5.49. The number of nitrogens with zero attached hydrogens (tertiary/aromatic N) is 2. The van der Waals surface area contributed by atoms with Gasteiger partial charge < -0.3 is 19.5 Å². The van der Waals surface area contributed by atoms with Gasteiger partial charge in [-0.2, -0.15) is 9.97 Å². The lowest BCUT2D eigenvalue weighted by atomic mass is 10.4. The SMILES string of the molecule is COc1cc(OC)nc(NCCCOCCCl)n1. The van der Waals surface area contributed by atoms with Crippen LogP contribution in [0, 0.1) is 0 Å². The van der Waals surface area contributed by atoms with Crippen molar-refractivity contribution in [1.29, 1.82) is 0 Å². The fraction of sp³-hybridized carbons (Fsp3) is 0.636. The monoisotopic (exact) mass is 275 g/mol. The number of methoxy groups -OCH3 is 2. The van der Waals surface area contributed by atoms with Crippen LogP contribution in [0.15, 0.2) is 6.07 Å². The van der Waals surface area contributed by atoms with Crippen molar-refractivity contribution < 1.29 is 14.2 Å². The van der Waals surface area contributed by atoms with Gasteiger partial charge in [0.05, 0.1) is 26.9 Å². The third kappa shape index (κ3) is 5.37. The molecular formula is C11H18ClN3O3. The Balaban J connectivity index is 2.36. The van der Waals surface area contributed by atoms with E-state index in [9.17, 15) is 0 Å². The van der Waals surface area contributed by atoms with E-state index in [-0.39, 0.29) is 0 Å². The number of anilines is 1. The number of nitrogens with one attached hydrogen (secondary N) is 1. The van der Waals surface area contributed by atoms with E-state index in [0.717, 1.165) is 6.42 Å². The number of hydrogen-bond acceptors (Lipinski definition) is 6. The first-order valence-electron chi connectivity index (χ1n) is 5.64. The summed E-state index contributed by atoms with van der Waals surface area (Å²) in [5, 5.41) is 3.08. The minimum atomic E-state index is 0.461. The molecule has 0 bridgehead atoms. The summed E-state index contributed by atoms with van der Waals surface area (Å²) in [4.78, 5) is 8.29. The molecule has 0 radical (unpaired) electrons. The Bertz CT molecular complexity index is 330. The van der Waals surface area contributed by atoms with Crippen LogP contribution in [0.3, 0.4) is 0 Å². The van der Waals surface area contributed by atoms with Crippen LogP contribution < -0.4 is 14.8 Å². The molecule has 0 aromatic carbocycles. The molecular weight excluding hydrogens is 258 g/mol. The Kier molecular flexibility index (Phi) is 7.20. The van der Waals surface area contributed by atoms with Crippen molar-refractivity contribution in [3.8, 4) is 11.8 Å². The van der Waals surface area contributed by atoms with Crippen molar-refractivity contribution >= 4 is 17.5 Å². The predicted molar refractivity (Wildman–Crippen MR) is 69.8 cm³/mol. The van der Waals surface area contributed by atoms with Gasteiger partial charge >= 0.3 is 0 Å². The second-order valence-corrected chi connectivity index (χ2v) is 3.74. The summed E-state index contributed by atoms with van der Waals surface area (Å²) in [6, 6.07) is 1.62. The van der Waals surface area contributed by atoms with Crippen LogP contribution in [-0.4, -0.2) is 49.8 Å². The number of hydrogen-bond donors (Lipinski definition) is 1. The molecule has 1 N–H and O–H groups in total. The zero-order chi connectivity index (χ0) is 13.2. The van der Waals surface area contributed by atoms with Crippen molar-refractivity contribution in [3.63, 3.8) is 0 Å². The Morgan fingerprint density at radius 1 is 1.17 bits per heavy atom. The van der Waals surface area contributed by atoms with Gasteiger partial charge in [-0.1, -0.05) is 0 Å². The zero-order valence-electron chi connectivity index (χ0n) is 10.6. The van der Waals surface area contributed by atoms with E-state index in [1.54, 1.807) is 20.3 Å². The van der Waals surface area contributed by atoms with E-state index in [2.05, 4.69) is 15.3 Å². The second-order valence-electron chi connectivity index (χ2n) is 3.36. The number of alkyl halides is 1. The molecule has 1 heterocycles. The van der Waals surface area contributed by atoms with Crippen LogP contribution in [0.4, 0.5) is 5.95 Å². The number of ether oxygens (including phenoxy) is 3. The molecule has 0 unspecified atom stereocenters. The molecule has 0 aliphatic carbocycles. The molecule has 102 valence electrons. The standard InChI is InChI=1S/C11H18ClN3O3/c1-16-9-8-10(17-2)15-11(14-9)13-5-3-6-18-7-4-12/h8H,3-7H2,1-2H3,(H,13,14,15). The lowest BCUT2D eigenvalue weighted by Crippen LogP contribution is -2.09. The highest BCUT2D eigenvalue weighted by Crippen LogP contribution is 2.16. The highest BCUT2D eigenvalue weighted by atomic mass is 35.5. The maximum Gasteiger partial charge on any atom is 0.229 e. The molecule has 1 aromatic rings. The number of rotatable bonds is 9. The molecule has 0 aliphatic heterocycles. The smallest absolute Gasteiger partial charge is 0.229 e. The Labute approximate surface area is 112 Å². The average molecular weight is 276 g/mol. The molecule has 0 spiro atoms. The molecule has 0 atom stereocenters. The van der Waals surface area contributed by atoms with Crippen molar-refractivity contribution in [2.24, 2.45) is 0 Å². The summed E-state index contributed by atoms with van der Waals surface area (Å²) in [7, 11) is 3.09. The average Bonchev–Trinajstić information content (AvgIpc) is 2.42. The Morgan fingerprint density at radius 2 is 1.83 bits per heavy atom. The summed E-state index contributed by atoms with van der Waals surface area (Å²) < 4.78 is 15.3. The molecule has 1 rings (SSSR count).